The largest absolute Gasteiger partial charge is 0.496 e. The van der Waals surface area contributed by atoms with E-state index < -0.39 is 0 Å². The van der Waals surface area contributed by atoms with Gasteiger partial charge in [0.25, 0.3) is 0 Å². The molecule has 18 heavy (non-hydrogen) atoms. The molecule has 0 spiro atoms. The van der Waals surface area contributed by atoms with Crippen molar-refractivity contribution >= 4 is 0 Å². The van der Waals surface area contributed by atoms with Gasteiger partial charge in [0, 0.05) is 6.04 Å². The fourth-order valence-corrected chi connectivity index (χ4v) is 2.25. The van der Waals surface area contributed by atoms with Gasteiger partial charge < -0.3 is 10.1 Å². The fraction of sp³-hybridized carbons (Fsp3) is 0.600. The van der Waals surface area contributed by atoms with E-state index in [1.54, 1.807) is 19.2 Å². The minimum Gasteiger partial charge on any atom is -0.496 e. The third-order valence-electron chi connectivity index (χ3n) is 3.34. The van der Waals surface area contributed by atoms with Gasteiger partial charge in [-0.15, -0.1) is 0 Å². The average Bonchev–Trinajstić information content (AvgIpc) is 2.28. The quantitative estimate of drug-likeness (QED) is 0.868. The van der Waals surface area contributed by atoms with E-state index in [1.165, 1.54) is 6.07 Å². The number of nitrogens with one attached hydrogen (secondary N) is 1. The highest BCUT2D eigenvalue weighted by Gasteiger charge is 2.22. The van der Waals surface area contributed by atoms with E-state index in [0.29, 0.717) is 6.04 Å². The lowest BCUT2D eigenvalue weighted by molar-refractivity contribution is 0.267. The number of hydrogen-bond acceptors (Lipinski definition) is 2. The monoisotopic (exact) mass is 253 g/mol. The molecule has 0 heterocycles. The number of methoxy groups -OCH3 is 1. The molecule has 0 fully saturated rings. The lowest BCUT2D eigenvalue weighted by Crippen LogP contribution is -2.38. The van der Waals surface area contributed by atoms with Crippen molar-refractivity contribution in [2.45, 2.75) is 39.7 Å². The normalized spacial score (nSPS) is 13.4. The fourth-order valence-electron chi connectivity index (χ4n) is 2.25. The number of ether oxygens (including phenoxy) is 1. The molecule has 0 aliphatic heterocycles. The van der Waals surface area contributed by atoms with Crippen LogP contribution in [-0.4, -0.2) is 20.2 Å². The molecule has 0 saturated heterocycles. The number of rotatable bonds is 5. The molecule has 1 N–H and O–H groups in total. The maximum atomic E-state index is 13.3. The van der Waals surface area contributed by atoms with Gasteiger partial charge in [0.05, 0.1) is 7.11 Å². The van der Waals surface area contributed by atoms with Gasteiger partial charge in [-0.1, -0.05) is 20.8 Å². The van der Waals surface area contributed by atoms with E-state index in [2.05, 4.69) is 26.1 Å². The number of benzene rings is 1. The van der Waals surface area contributed by atoms with Crippen molar-refractivity contribution in [2.24, 2.45) is 5.41 Å². The van der Waals surface area contributed by atoms with Gasteiger partial charge in [-0.2, -0.15) is 0 Å². The van der Waals surface area contributed by atoms with E-state index in [9.17, 15) is 4.39 Å². The number of aryl methyl sites for hydroxylation is 1. The Hall–Kier alpha value is -1.09. The van der Waals surface area contributed by atoms with Crippen molar-refractivity contribution in [3.05, 3.63) is 29.6 Å². The molecule has 102 valence electrons. The first-order valence-electron chi connectivity index (χ1n) is 6.38. The van der Waals surface area contributed by atoms with Crippen molar-refractivity contribution in [3.8, 4) is 5.75 Å². The summed E-state index contributed by atoms with van der Waals surface area (Å²) in [5.74, 6) is 0.558. The molecule has 0 bridgehead atoms. The van der Waals surface area contributed by atoms with Crippen LogP contribution in [0.3, 0.4) is 0 Å². The summed E-state index contributed by atoms with van der Waals surface area (Å²) in [5.41, 5.74) is 1.12. The summed E-state index contributed by atoms with van der Waals surface area (Å²) in [5, 5.41) is 3.33. The zero-order valence-electron chi connectivity index (χ0n) is 12.0. The third-order valence-corrected chi connectivity index (χ3v) is 3.34. The molecule has 2 nitrogen and oxygen atoms in total. The summed E-state index contributed by atoms with van der Waals surface area (Å²) in [6.45, 7) is 6.62. The van der Waals surface area contributed by atoms with Crippen LogP contribution < -0.4 is 10.1 Å². The highest BCUT2D eigenvalue weighted by Crippen LogP contribution is 2.26. The van der Waals surface area contributed by atoms with Crippen LogP contribution in [-0.2, 0) is 6.42 Å². The van der Waals surface area contributed by atoms with E-state index in [0.717, 1.165) is 24.2 Å². The molecule has 1 rings (SSSR count). The van der Waals surface area contributed by atoms with Crippen LogP contribution in [0, 0.1) is 11.2 Å². The van der Waals surface area contributed by atoms with Crippen LogP contribution in [0.5, 0.6) is 5.75 Å². The molecule has 0 aliphatic rings. The Morgan fingerprint density at radius 3 is 2.50 bits per heavy atom. The van der Waals surface area contributed by atoms with Gasteiger partial charge in [-0.05, 0) is 49.1 Å². The van der Waals surface area contributed by atoms with Crippen LogP contribution in [0.2, 0.25) is 0 Å². The molecule has 0 amide bonds. The lowest BCUT2D eigenvalue weighted by Gasteiger charge is -2.30. The Kier molecular flexibility index (Phi) is 5.15. The Balaban J connectivity index is 2.76. The Morgan fingerprint density at radius 2 is 2.00 bits per heavy atom. The highest BCUT2D eigenvalue weighted by atomic mass is 19.1. The highest BCUT2D eigenvalue weighted by molar-refractivity contribution is 5.34. The Bertz CT molecular complexity index is 385. The molecule has 0 radical (unpaired) electrons. The Morgan fingerprint density at radius 1 is 1.33 bits per heavy atom. The van der Waals surface area contributed by atoms with Gasteiger partial charge in [0.15, 0.2) is 0 Å². The first kappa shape index (κ1) is 15.0. The van der Waals surface area contributed by atoms with Crippen molar-refractivity contribution in [2.75, 3.05) is 14.2 Å². The van der Waals surface area contributed by atoms with Crippen LogP contribution in [0.25, 0.3) is 0 Å². The molecule has 3 heteroatoms. The zero-order valence-corrected chi connectivity index (χ0v) is 12.0. The first-order valence-corrected chi connectivity index (χ1v) is 6.38. The lowest BCUT2D eigenvalue weighted by atomic mass is 9.83. The molecule has 1 aromatic carbocycles. The van der Waals surface area contributed by atoms with Gasteiger partial charge in [0.1, 0.15) is 11.6 Å². The van der Waals surface area contributed by atoms with Gasteiger partial charge in [-0.25, -0.2) is 4.39 Å². The smallest absolute Gasteiger partial charge is 0.123 e. The van der Waals surface area contributed by atoms with Gasteiger partial charge in [-0.3, -0.25) is 0 Å². The predicted octanol–water partition coefficient (Wildman–Crippen LogP) is 3.40. The van der Waals surface area contributed by atoms with E-state index in [-0.39, 0.29) is 11.2 Å². The minimum atomic E-state index is -0.206. The molecule has 0 aromatic heterocycles. The van der Waals surface area contributed by atoms with Crippen LogP contribution in [0.1, 0.15) is 32.8 Å². The molecule has 1 atom stereocenters. The van der Waals surface area contributed by atoms with E-state index in [1.807, 2.05) is 7.05 Å². The average molecular weight is 253 g/mol. The second-order valence-corrected chi connectivity index (χ2v) is 5.70. The van der Waals surface area contributed by atoms with Crippen LogP contribution >= 0.6 is 0 Å². The van der Waals surface area contributed by atoms with E-state index >= 15 is 0 Å². The molecule has 1 unspecified atom stereocenters. The summed E-state index contributed by atoms with van der Waals surface area (Å²) in [7, 11) is 3.59. The van der Waals surface area contributed by atoms with E-state index in [4.69, 9.17) is 4.74 Å². The summed E-state index contributed by atoms with van der Waals surface area (Å²) >= 11 is 0. The van der Waals surface area contributed by atoms with Crippen molar-refractivity contribution in [1.29, 1.82) is 0 Å². The topological polar surface area (TPSA) is 21.3 Å². The van der Waals surface area contributed by atoms with Gasteiger partial charge in [0.2, 0.25) is 0 Å². The molecular formula is C15H24FNO. The summed E-state index contributed by atoms with van der Waals surface area (Å²) in [4.78, 5) is 0. The number of halogens is 1. The zero-order chi connectivity index (χ0) is 13.8. The molecule has 1 aromatic rings. The number of hydrogen-bond donors (Lipinski definition) is 1. The minimum absolute atomic E-state index is 0.190. The maximum absolute atomic E-state index is 13.3. The van der Waals surface area contributed by atoms with Crippen molar-refractivity contribution in [1.82, 2.24) is 5.32 Å². The van der Waals surface area contributed by atoms with Crippen LogP contribution in [0.4, 0.5) is 4.39 Å². The molecule has 0 saturated carbocycles. The predicted molar refractivity (Wildman–Crippen MR) is 73.6 cm³/mol. The first-order chi connectivity index (χ1) is 8.38. The summed E-state index contributed by atoms with van der Waals surface area (Å²) in [6.07, 6.45) is 1.77. The molecular weight excluding hydrogens is 229 g/mol. The van der Waals surface area contributed by atoms with Crippen molar-refractivity contribution in [3.63, 3.8) is 0 Å². The van der Waals surface area contributed by atoms with Crippen LogP contribution in [0.15, 0.2) is 18.2 Å². The summed E-state index contributed by atoms with van der Waals surface area (Å²) in [6, 6.07) is 5.08. The second kappa shape index (κ2) is 6.19. The summed E-state index contributed by atoms with van der Waals surface area (Å²) < 4.78 is 18.5. The molecule has 0 aliphatic carbocycles. The standard InChI is InChI=1S/C15H24FNO/c1-15(2,3)14(17-4)9-6-11-10-12(16)7-8-13(11)18-5/h7-8,10,14,17H,6,9H2,1-5H3. The van der Waals surface area contributed by atoms with Gasteiger partial charge >= 0.3 is 0 Å². The SMILES string of the molecule is CNC(CCc1cc(F)ccc1OC)C(C)(C)C. The Labute approximate surface area is 110 Å². The van der Waals surface area contributed by atoms with Crippen molar-refractivity contribution < 1.29 is 9.13 Å². The third kappa shape index (κ3) is 3.98. The second-order valence-electron chi connectivity index (χ2n) is 5.70. The maximum Gasteiger partial charge on any atom is 0.123 e.